The molecule has 2 aromatic heterocycles. The first-order valence-electron chi connectivity index (χ1n) is 9.47. The molecule has 0 atom stereocenters. The Kier molecular flexibility index (Phi) is 6.29. The highest BCUT2D eigenvalue weighted by Crippen LogP contribution is 2.40. The summed E-state index contributed by atoms with van der Waals surface area (Å²) in [5, 5.41) is 12.6. The number of pyridine rings is 1. The van der Waals surface area contributed by atoms with Crippen molar-refractivity contribution in [2.24, 2.45) is 0 Å². The van der Waals surface area contributed by atoms with Gasteiger partial charge in [-0.15, -0.1) is 11.3 Å². The normalized spacial score (nSPS) is 11.6. The molecule has 0 aliphatic heterocycles. The van der Waals surface area contributed by atoms with E-state index in [1.165, 1.54) is 12.1 Å². The van der Waals surface area contributed by atoms with E-state index in [4.69, 9.17) is 23.2 Å². The third kappa shape index (κ3) is 4.02. The zero-order valence-corrected chi connectivity index (χ0v) is 20.0. The number of nitrogens with zero attached hydrogens (tertiary/aromatic N) is 1. The molecular weight excluding hydrogens is 487 g/mol. The van der Waals surface area contributed by atoms with Crippen LogP contribution in [0.1, 0.15) is 16.8 Å². The topological polar surface area (TPSA) is 79.3 Å². The summed E-state index contributed by atoms with van der Waals surface area (Å²) >= 11 is 13.9. The zero-order valence-electron chi connectivity index (χ0n) is 16.9. The number of aliphatic hydroxyl groups excluding tert-OH is 1. The number of nitrogens with one attached hydrogen (secondary N) is 1. The number of hydrogen-bond donors (Lipinski definition) is 2. The second-order valence-electron chi connectivity index (χ2n) is 7.03. The van der Waals surface area contributed by atoms with Gasteiger partial charge < -0.3 is 5.11 Å². The van der Waals surface area contributed by atoms with Gasteiger partial charge in [0.2, 0.25) is 0 Å². The lowest BCUT2D eigenvalue weighted by atomic mass is 9.97. The number of thiophene rings is 1. The van der Waals surface area contributed by atoms with E-state index < -0.39 is 16.6 Å². The summed E-state index contributed by atoms with van der Waals surface area (Å²) in [6.07, 6.45) is 3.38. The van der Waals surface area contributed by atoms with Crippen LogP contribution in [-0.2, 0) is 16.6 Å². The Balaban J connectivity index is 1.85. The highest BCUT2D eigenvalue weighted by molar-refractivity contribution is 7.92. The summed E-state index contributed by atoms with van der Waals surface area (Å²) in [6.45, 7) is 5.41. The van der Waals surface area contributed by atoms with Gasteiger partial charge >= 0.3 is 0 Å². The van der Waals surface area contributed by atoms with Crippen LogP contribution in [0.25, 0.3) is 27.3 Å². The van der Waals surface area contributed by atoms with E-state index in [9.17, 15) is 13.5 Å². The summed E-state index contributed by atoms with van der Waals surface area (Å²) in [4.78, 5) is 4.19. The Morgan fingerprint density at radius 2 is 2.00 bits per heavy atom. The molecule has 2 aromatic carbocycles. The van der Waals surface area contributed by atoms with Gasteiger partial charge in [0.05, 0.1) is 17.3 Å². The zero-order chi connectivity index (χ0) is 23.0. The van der Waals surface area contributed by atoms with Crippen molar-refractivity contribution in [1.29, 1.82) is 0 Å². The summed E-state index contributed by atoms with van der Waals surface area (Å²) in [6, 6.07) is 9.98. The van der Waals surface area contributed by atoms with Gasteiger partial charge in [-0.1, -0.05) is 48.0 Å². The molecule has 0 radical (unpaired) electrons. The standard InChI is InChI=1S/C23H18Cl2N2O3S2/c1-3-16-17(18-12-31-20-7-8-26-13(2)22(18)20)5-4-6-19(16)27-32(29,30)21-10-15(24)9-14(11-28)23(21)25/h3-10,12,27-28H,1,11H2,2H3. The molecule has 0 unspecified atom stereocenters. The second-order valence-corrected chi connectivity index (χ2v) is 10.4. The van der Waals surface area contributed by atoms with E-state index in [0.717, 1.165) is 26.9 Å². The van der Waals surface area contributed by atoms with Gasteiger partial charge in [0, 0.05) is 38.1 Å². The lowest BCUT2D eigenvalue weighted by Crippen LogP contribution is -2.15. The molecule has 164 valence electrons. The Morgan fingerprint density at radius 1 is 1.22 bits per heavy atom. The van der Waals surface area contributed by atoms with Crippen LogP contribution in [-0.4, -0.2) is 18.5 Å². The van der Waals surface area contributed by atoms with E-state index in [1.807, 2.05) is 24.4 Å². The fourth-order valence-electron chi connectivity index (χ4n) is 3.59. The fourth-order valence-corrected chi connectivity index (χ4v) is 6.60. The summed E-state index contributed by atoms with van der Waals surface area (Å²) in [5.74, 6) is 0. The maximum absolute atomic E-state index is 13.2. The molecule has 0 fully saturated rings. The summed E-state index contributed by atoms with van der Waals surface area (Å²) < 4.78 is 30.1. The number of benzene rings is 2. The summed E-state index contributed by atoms with van der Waals surface area (Å²) in [5.41, 5.74) is 3.87. The average molecular weight is 505 g/mol. The van der Waals surface area contributed by atoms with Crippen LogP contribution in [0.3, 0.4) is 0 Å². The average Bonchev–Trinajstić information content (AvgIpc) is 3.20. The van der Waals surface area contributed by atoms with Crippen LogP contribution in [0.5, 0.6) is 0 Å². The fraction of sp³-hybridized carbons (Fsp3) is 0.0870. The molecule has 0 spiro atoms. The van der Waals surface area contributed by atoms with E-state index in [0.29, 0.717) is 11.3 Å². The van der Waals surface area contributed by atoms with E-state index >= 15 is 0 Å². The van der Waals surface area contributed by atoms with Crippen molar-refractivity contribution in [1.82, 2.24) is 4.98 Å². The predicted octanol–water partition coefficient (Wildman–Crippen LogP) is 6.51. The molecule has 4 rings (SSSR count). The molecular formula is C23H18Cl2N2O3S2. The molecule has 4 aromatic rings. The van der Waals surface area contributed by atoms with Crippen molar-refractivity contribution in [2.75, 3.05) is 4.72 Å². The number of aliphatic hydroxyl groups is 1. The third-order valence-electron chi connectivity index (χ3n) is 5.06. The second kappa shape index (κ2) is 8.84. The van der Waals surface area contributed by atoms with Crippen molar-refractivity contribution in [3.05, 3.63) is 81.4 Å². The molecule has 9 heteroatoms. The largest absolute Gasteiger partial charge is 0.392 e. The molecule has 5 nitrogen and oxygen atoms in total. The number of rotatable bonds is 6. The quantitative estimate of drug-likeness (QED) is 0.313. The summed E-state index contributed by atoms with van der Waals surface area (Å²) in [7, 11) is -4.10. The number of fused-ring (bicyclic) bond motifs is 1. The monoisotopic (exact) mass is 504 g/mol. The molecule has 2 N–H and O–H groups in total. The number of aryl methyl sites for hydroxylation is 1. The van der Waals surface area contributed by atoms with Crippen LogP contribution < -0.4 is 4.72 Å². The molecule has 0 aliphatic rings. The van der Waals surface area contributed by atoms with Gasteiger partial charge in [0.25, 0.3) is 10.0 Å². The molecule has 0 saturated heterocycles. The molecule has 32 heavy (non-hydrogen) atoms. The van der Waals surface area contributed by atoms with Gasteiger partial charge in [-0.25, -0.2) is 8.42 Å². The van der Waals surface area contributed by atoms with Gasteiger partial charge in [0.15, 0.2) is 0 Å². The SMILES string of the molecule is C=Cc1c(NS(=O)(=O)c2cc(Cl)cc(CO)c2Cl)cccc1-c1csc2ccnc(C)c12. The Morgan fingerprint density at radius 3 is 2.72 bits per heavy atom. The Labute approximate surface area is 200 Å². The van der Waals surface area contributed by atoms with Crippen LogP contribution in [0.4, 0.5) is 5.69 Å². The van der Waals surface area contributed by atoms with Gasteiger partial charge in [0.1, 0.15) is 4.90 Å². The first-order valence-corrected chi connectivity index (χ1v) is 12.6. The lowest BCUT2D eigenvalue weighted by Gasteiger charge is -2.16. The number of anilines is 1. The Bertz CT molecular complexity index is 1460. The number of halogens is 2. The van der Waals surface area contributed by atoms with Gasteiger partial charge in [-0.05, 0) is 47.7 Å². The Hall–Kier alpha value is -2.42. The van der Waals surface area contributed by atoms with Crippen molar-refractivity contribution >= 4 is 66.4 Å². The first-order chi connectivity index (χ1) is 15.3. The lowest BCUT2D eigenvalue weighted by molar-refractivity contribution is 0.281. The van der Waals surface area contributed by atoms with Crippen LogP contribution in [0.15, 0.2) is 59.4 Å². The van der Waals surface area contributed by atoms with Crippen molar-refractivity contribution < 1.29 is 13.5 Å². The molecule has 2 heterocycles. The third-order valence-corrected chi connectivity index (χ3v) is 8.17. The van der Waals surface area contributed by atoms with Crippen molar-refractivity contribution in [2.45, 2.75) is 18.4 Å². The van der Waals surface area contributed by atoms with Crippen molar-refractivity contribution in [3.63, 3.8) is 0 Å². The number of sulfonamides is 1. The maximum Gasteiger partial charge on any atom is 0.263 e. The predicted molar refractivity (Wildman–Crippen MR) is 133 cm³/mol. The van der Waals surface area contributed by atoms with Crippen molar-refractivity contribution in [3.8, 4) is 11.1 Å². The minimum absolute atomic E-state index is 0.0776. The smallest absolute Gasteiger partial charge is 0.263 e. The number of aromatic nitrogens is 1. The minimum atomic E-state index is -4.10. The molecule has 0 saturated carbocycles. The molecule has 0 amide bonds. The maximum atomic E-state index is 13.2. The van der Waals surface area contributed by atoms with Crippen LogP contribution in [0.2, 0.25) is 10.0 Å². The van der Waals surface area contributed by atoms with E-state index in [2.05, 4.69) is 16.3 Å². The highest BCUT2D eigenvalue weighted by atomic mass is 35.5. The van der Waals surface area contributed by atoms with Gasteiger partial charge in [-0.2, -0.15) is 0 Å². The van der Waals surface area contributed by atoms with Crippen LogP contribution >= 0.6 is 34.5 Å². The van der Waals surface area contributed by atoms with Gasteiger partial charge in [-0.3, -0.25) is 9.71 Å². The first kappa shape index (κ1) is 22.8. The molecule has 0 bridgehead atoms. The minimum Gasteiger partial charge on any atom is -0.392 e. The van der Waals surface area contributed by atoms with E-state index in [-0.39, 0.29) is 20.5 Å². The van der Waals surface area contributed by atoms with Crippen LogP contribution in [0, 0.1) is 6.92 Å². The van der Waals surface area contributed by atoms with E-state index in [1.54, 1.807) is 35.7 Å². The number of hydrogen-bond acceptors (Lipinski definition) is 5. The molecule has 0 aliphatic carbocycles. The highest BCUT2D eigenvalue weighted by Gasteiger charge is 2.23.